The topological polar surface area (TPSA) is 13.1 Å². The third-order valence-corrected chi connectivity index (χ3v) is 11.9. The monoisotopic (exact) mass is 708 g/mol. The van der Waals surface area contributed by atoms with E-state index in [1.807, 2.05) is 11.3 Å². The van der Waals surface area contributed by atoms with Gasteiger partial charge in [0, 0.05) is 30.9 Å². The standard InChI is InChI=1S/C52H36OS/c1-3-41-42(4-2)44(17-11-6-5-10-16-43(41)37-23-22-35-26-34(20-21-36(35)27-37)33-14-8-7-9-15-33)38-24-25-49-46(28-38)47-29-40-32-52-48(30-39(40)31-50(47)53-49)45-18-12-13-19-51(45)54-52/h3-32H,1-2H3. The summed E-state index contributed by atoms with van der Waals surface area (Å²) >= 11 is 1.86. The Morgan fingerprint density at radius 1 is 0.370 bits per heavy atom. The highest BCUT2D eigenvalue weighted by atomic mass is 32.1. The summed E-state index contributed by atoms with van der Waals surface area (Å²) in [6.07, 6.45) is 4.51. The van der Waals surface area contributed by atoms with E-state index in [0.717, 1.165) is 27.5 Å². The van der Waals surface area contributed by atoms with Crippen molar-refractivity contribution in [3.05, 3.63) is 180 Å². The second-order valence-corrected chi connectivity index (χ2v) is 15.0. The molecule has 0 spiro atoms. The van der Waals surface area contributed by atoms with E-state index in [0.29, 0.717) is 0 Å². The first-order chi connectivity index (χ1) is 26.6. The molecule has 1 nitrogen and oxygen atoms in total. The van der Waals surface area contributed by atoms with Crippen LogP contribution in [0.5, 0.6) is 0 Å². The number of hydrogen-bond acceptors (Lipinski definition) is 2. The van der Waals surface area contributed by atoms with Crippen molar-refractivity contribution in [3.8, 4) is 33.4 Å². The van der Waals surface area contributed by atoms with Gasteiger partial charge in [0.05, 0.1) is 0 Å². The molecule has 0 bridgehead atoms. The summed E-state index contributed by atoms with van der Waals surface area (Å²) in [5, 5.41) is 12.1. The fraction of sp³-hybridized carbons (Fsp3) is 0.0385. The number of rotatable bonds is 3. The average molecular weight is 709 g/mol. The molecular weight excluding hydrogens is 673 g/mol. The maximum absolute atomic E-state index is 6.53. The fourth-order valence-corrected chi connectivity index (χ4v) is 9.30. The van der Waals surface area contributed by atoms with E-state index in [-0.39, 0.29) is 0 Å². The molecule has 10 rings (SSSR count). The Morgan fingerprint density at radius 3 is 1.70 bits per heavy atom. The van der Waals surface area contributed by atoms with Crippen molar-refractivity contribution in [1.29, 1.82) is 0 Å². The van der Waals surface area contributed by atoms with Gasteiger partial charge >= 0.3 is 0 Å². The maximum Gasteiger partial charge on any atom is 0.136 e. The van der Waals surface area contributed by atoms with E-state index in [1.54, 1.807) is 0 Å². The van der Waals surface area contributed by atoms with Gasteiger partial charge in [-0.1, -0.05) is 127 Å². The Morgan fingerprint density at radius 2 is 0.944 bits per heavy atom. The predicted molar refractivity (Wildman–Crippen MR) is 235 cm³/mol. The van der Waals surface area contributed by atoms with Gasteiger partial charge in [0.2, 0.25) is 0 Å². The van der Waals surface area contributed by atoms with Crippen molar-refractivity contribution >= 4 is 87.1 Å². The molecule has 0 saturated heterocycles. The highest BCUT2D eigenvalue weighted by Crippen LogP contribution is 2.39. The van der Waals surface area contributed by atoms with Crippen LogP contribution in [-0.4, -0.2) is 0 Å². The largest absolute Gasteiger partial charge is 0.456 e. The highest BCUT2D eigenvalue weighted by molar-refractivity contribution is 7.25. The van der Waals surface area contributed by atoms with E-state index < -0.39 is 0 Å². The lowest BCUT2D eigenvalue weighted by Crippen LogP contribution is -2.27. The van der Waals surface area contributed by atoms with Crippen molar-refractivity contribution in [1.82, 2.24) is 0 Å². The molecule has 0 aliphatic heterocycles. The Labute approximate surface area is 317 Å². The van der Waals surface area contributed by atoms with Crippen molar-refractivity contribution in [2.45, 2.75) is 13.8 Å². The zero-order chi connectivity index (χ0) is 36.2. The molecule has 8 aromatic carbocycles. The summed E-state index contributed by atoms with van der Waals surface area (Å²) in [6, 6.07) is 61.7. The first-order valence-electron chi connectivity index (χ1n) is 18.6. The summed E-state index contributed by atoms with van der Waals surface area (Å²) in [5.74, 6) is 0. The minimum atomic E-state index is 0.899. The molecule has 54 heavy (non-hydrogen) atoms. The second-order valence-electron chi connectivity index (χ2n) is 13.9. The predicted octanol–water partition coefficient (Wildman–Crippen LogP) is 14.0. The summed E-state index contributed by atoms with van der Waals surface area (Å²) in [4.78, 5) is 0. The molecule has 2 heterocycles. The Balaban J connectivity index is 1.14. The summed E-state index contributed by atoms with van der Waals surface area (Å²) in [5.41, 5.74) is 8.96. The van der Waals surface area contributed by atoms with Gasteiger partial charge in [0.15, 0.2) is 0 Å². The maximum atomic E-state index is 6.53. The second kappa shape index (κ2) is 13.2. The molecule has 2 aromatic heterocycles. The molecule has 0 N–H and O–H groups in total. The normalized spacial score (nSPS) is 12.5. The molecule has 0 saturated carbocycles. The fourth-order valence-electron chi connectivity index (χ4n) is 8.16. The third-order valence-electron chi connectivity index (χ3n) is 10.8. The molecule has 256 valence electrons. The summed E-state index contributed by atoms with van der Waals surface area (Å²) in [6.45, 7) is 4.29. The Hall–Kier alpha value is -6.48. The molecule has 0 amide bonds. The number of thiophene rings is 1. The molecule has 0 radical (unpaired) electrons. The summed E-state index contributed by atoms with van der Waals surface area (Å²) in [7, 11) is 0. The Bertz CT molecular complexity index is 3290. The highest BCUT2D eigenvalue weighted by Gasteiger charge is 2.13. The zero-order valence-electron chi connectivity index (χ0n) is 30.1. The number of fused-ring (bicyclic) bond motifs is 8. The van der Waals surface area contributed by atoms with Crippen molar-refractivity contribution < 1.29 is 4.42 Å². The van der Waals surface area contributed by atoms with Crippen LogP contribution >= 0.6 is 11.3 Å². The minimum Gasteiger partial charge on any atom is -0.456 e. The van der Waals surface area contributed by atoms with Crippen molar-refractivity contribution in [2.75, 3.05) is 0 Å². The van der Waals surface area contributed by atoms with Crippen LogP contribution in [0.1, 0.15) is 13.8 Å². The van der Waals surface area contributed by atoms with Gasteiger partial charge in [-0.25, -0.2) is 0 Å². The smallest absolute Gasteiger partial charge is 0.136 e. The molecule has 0 atom stereocenters. The first kappa shape index (κ1) is 32.2. The molecule has 0 aliphatic carbocycles. The van der Waals surface area contributed by atoms with Gasteiger partial charge in [-0.05, 0) is 134 Å². The average Bonchev–Trinajstić information content (AvgIpc) is 3.76. The first-order valence-corrected chi connectivity index (χ1v) is 19.4. The van der Waals surface area contributed by atoms with Crippen LogP contribution in [0.15, 0.2) is 174 Å². The molecule has 0 fully saturated rings. The van der Waals surface area contributed by atoms with Gasteiger partial charge in [-0.15, -0.1) is 11.3 Å². The van der Waals surface area contributed by atoms with Crippen LogP contribution in [0.2, 0.25) is 0 Å². The van der Waals surface area contributed by atoms with Crippen molar-refractivity contribution in [3.63, 3.8) is 0 Å². The Kier molecular flexibility index (Phi) is 7.86. The van der Waals surface area contributed by atoms with Gasteiger partial charge in [-0.3, -0.25) is 0 Å². The van der Waals surface area contributed by atoms with E-state index >= 15 is 0 Å². The molecule has 0 unspecified atom stereocenters. The minimum absolute atomic E-state index is 0.899. The van der Waals surface area contributed by atoms with Crippen LogP contribution in [0.3, 0.4) is 0 Å². The zero-order valence-corrected chi connectivity index (χ0v) is 31.0. The van der Waals surface area contributed by atoms with E-state index in [9.17, 15) is 0 Å². The van der Waals surface area contributed by atoms with E-state index in [2.05, 4.69) is 196 Å². The third kappa shape index (κ3) is 5.46. The molecule has 2 heteroatoms. The lowest BCUT2D eigenvalue weighted by Gasteiger charge is -2.09. The van der Waals surface area contributed by atoms with Crippen LogP contribution < -0.4 is 10.4 Å². The number of furan rings is 1. The van der Waals surface area contributed by atoms with Crippen LogP contribution in [0.4, 0.5) is 0 Å². The van der Waals surface area contributed by atoms with E-state index in [4.69, 9.17) is 4.42 Å². The van der Waals surface area contributed by atoms with Gasteiger partial charge in [0.1, 0.15) is 11.2 Å². The van der Waals surface area contributed by atoms with Crippen LogP contribution in [0, 0.1) is 0 Å². The lowest BCUT2D eigenvalue weighted by molar-refractivity contribution is 0.669. The summed E-state index contributed by atoms with van der Waals surface area (Å²) < 4.78 is 9.16. The van der Waals surface area contributed by atoms with Crippen LogP contribution in [0.25, 0.3) is 109 Å². The molecule has 0 aliphatic rings. The lowest BCUT2D eigenvalue weighted by atomic mass is 9.95. The quantitative estimate of drug-likeness (QED) is 0.178. The molecular formula is C52H36OS. The molecule has 10 aromatic rings. The van der Waals surface area contributed by atoms with Crippen molar-refractivity contribution in [2.24, 2.45) is 0 Å². The van der Waals surface area contributed by atoms with Crippen LogP contribution in [-0.2, 0) is 0 Å². The van der Waals surface area contributed by atoms with Gasteiger partial charge < -0.3 is 4.42 Å². The SMILES string of the molecule is CC=c1c(-c2ccc3cc(-c4ccccc4)ccc3c2)ccccccc(-c2ccc3oc4cc5cc6c(cc5cc4c3c2)sc2ccccc26)c1=CC. The number of hydrogen-bond donors (Lipinski definition) is 0. The van der Waals surface area contributed by atoms with E-state index in [1.165, 1.54) is 80.0 Å². The van der Waals surface area contributed by atoms with Gasteiger partial charge in [0.25, 0.3) is 0 Å². The van der Waals surface area contributed by atoms with Gasteiger partial charge in [-0.2, -0.15) is 0 Å². The number of benzene rings is 7.